The Labute approximate surface area is 111 Å². The number of phenolic OH excluding ortho intramolecular Hbond substituents is 1. The molecule has 0 unspecified atom stereocenters. The summed E-state index contributed by atoms with van der Waals surface area (Å²) in [6, 6.07) is 9.80. The molecule has 0 aliphatic rings. The van der Waals surface area contributed by atoms with Crippen molar-refractivity contribution in [3.05, 3.63) is 57.2 Å². The fourth-order valence-electron chi connectivity index (χ4n) is 1.46. The maximum atomic E-state index is 9.60. The molecule has 16 heavy (non-hydrogen) atoms. The van der Waals surface area contributed by atoms with Gasteiger partial charge in [0, 0.05) is 17.7 Å². The van der Waals surface area contributed by atoms with E-state index < -0.39 is 0 Å². The van der Waals surface area contributed by atoms with E-state index >= 15 is 0 Å². The van der Waals surface area contributed by atoms with Crippen molar-refractivity contribution in [3.8, 4) is 5.75 Å². The third kappa shape index (κ3) is 2.62. The van der Waals surface area contributed by atoms with E-state index in [-0.39, 0.29) is 5.75 Å². The number of halogens is 2. The van der Waals surface area contributed by atoms with Crippen molar-refractivity contribution in [1.29, 1.82) is 0 Å². The first kappa shape index (κ1) is 11.6. The van der Waals surface area contributed by atoms with Gasteiger partial charge in [0.25, 0.3) is 0 Å². The molecule has 2 aromatic rings. The molecule has 2 nitrogen and oxygen atoms in total. The first-order valence-electron chi connectivity index (χ1n) is 4.78. The molecule has 1 N–H and O–H groups in total. The Morgan fingerprint density at radius 3 is 2.12 bits per heavy atom. The molecular weight excluding hydrogens is 334 g/mol. The summed E-state index contributed by atoms with van der Waals surface area (Å²) in [4.78, 5) is 0. The Hall–Kier alpha value is -0.870. The van der Waals surface area contributed by atoms with Crippen LogP contribution >= 0.6 is 31.9 Å². The minimum atomic E-state index is 0.238. The number of rotatable bonds is 2. The van der Waals surface area contributed by atoms with Crippen LogP contribution in [0.3, 0.4) is 0 Å². The van der Waals surface area contributed by atoms with Gasteiger partial charge in [-0.1, -0.05) is 6.07 Å². The summed E-state index contributed by atoms with van der Waals surface area (Å²) in [5, 5.41) is 9.60. The zero-order chi connectivity index (χ0) is 11.5. The topological polar surface area (TPSA) is 24.1 Å². The third-order valence-electron chi connectivity index (χ3n) is 2.22. The van der Waals surface area contributed by atoms with Gasteiger partial charge < -0.3 is 5.11 Å². The molecule has 4 heteroatoms. The number of hydrogen-bond donors (Lipinski definition) is 1. The minimum absolute atomic E-state index is 0.238. The van der Waals surface area contributed by atoms with Crippen molar-refractivity contribution >= 4 is 31.9 Å². The van der Waals surface area contributed by atoms with Gasteiger partial charge in [-0.25, -0.2) is 4.57 Å². The highest BCUT2D eigenvalue weighted by molar-refractivity contribution is 9.11. The van der Waals surface area contributed by atoms with E-state index in [2.05, 4.69) is 36.4 Å². The van der Waals surface area contributed by atoms with Crippen LogP contribution in [0.15, 0.2) is 51.7 Å². The molecule has 2 rings (SSSR count). The quantitative estimate of drug-likeness (QED) is 0.831. The van der Waals surface area contributed by atoms with Crippen molar-refractivity contribution in [2.24, 2.45) is 0 Å². The van der Waals surface area contributed by atoms with E-state index in [1.165, 1.54) is 0 Å². The van der Waals surface area contributed by atoms with Crippen LogP contribution in [0.4, 0.5) is 0 Å². The first-order valence-corrected chi connectivity index (χ1v) is 6.36. The molecule has 0 bridgehead atoms. The number of pyridine rings is 1. The fraction of sp³-hybridized carbons (Fsp3) is 0.0833. The number of aromatic nitrogens is 1. The minimum Gasteiger partial charge on any atom is -0.506 e. The molecule has 0 aliphatic carbocycles. The van der Waals surface area contributed by atoms with Crippen molar-refractivity contribution in [1.82, 2.24) is 0 Å². The van der Waals surface area contributed by atoms with Gasteiger partial charge in [-0.15, -0.1) is 0 Å². The first-order chi connectivity index (χ1) is 7.66. The van der Waals surface area contributed by atoms with E-state index in [9.17, 15) is 5.11 Å². The number of aromatic hydroxyl groups is 1. The predicted octanol–water partition coefficient (Wildman–Crippen LogP) is 3.25. The molecule has 0 radical (unpaired) electrons. The Kier molecular flexibility index (Phi) is 3.61. The average molecular weight is 344 g/mol. The molecule has 0 fully saturated rings. The zero-order valence-electron chi connectivity index (χ0n) is 8.40. The van der Waals surface area contributed by atoms with Crippen LogP contribution in [0.2, 0.25) is 0 Å². The summed E-state index contributed by atoms with van der Waals surface area (Å²) in [6.07, 6.45) is 4.02. The SMILES string of the molecule is Oc1c(Br)cc(C[n+]2ccccc2)cc1Br. The Morgan fingerprint density at radius 1 is 1.00 bits per heavy atom. The molecule has 82 valence electrons. The molecule has 1 aromatic heterocycles. The van der Waals surface area contributed by atoms with Crippen molar-refractivity contribution < 1.29 is 9.67 Å². The summed E-state index contributed by atoms with van der Waals surface area (Å²) >= 11 is 6.64. The summed E-state index contributed by atoms with van der Waals surface area (Å²) in [5.41, 5.74) is 1.12. The molecule has 0 atom stereocenters. The van der Waals surface area contributed by atoms with Crippen molar-refractivity contribution in [2.45, 2.75) is 6.54 Å². The molecule has 0 aliphatic heterocycles. The van der Waals surface area contributed by atoms with E-state index in [1.54, 1.807) is 0 Å². The van der Waals surface area contributed by atoms with Crippen LogP contribution in [0.1, 0.15) is 5.56 Å². The van der Waals surface area contributed by atoms with E-state index in [4.69, 9.17) is 0 Å². The molecule has 0 saturated heterocycles. The van der Waals surface area contributed by atoms with Crippen LogP contribution in [0, 0.1) is 0 Å². The number of phenols is 1. The molecule has 1 heterocycles. The second-order valence-corrected chi connectivity index (χ2v) is 5.16. The molecule has 0 saturated carbocycles. The van der Waals surface area contributed by atoms with E-state index in [0.717, 1.165) is 12.1 Å². The highest BCUT2D eigenvalue weighted by Gasteiger charge is 2.08. The van der Waals surface area contributed by atoms with Gasteiger partial charge in [0.15, 0.2) is 18.9 Å². The Bertz CT molecular complexity index is 477. The Morgan fingerprint density at radius 2 is 1.56 bits per heavy atom. The largest absolute Gasteiger partial charge is 0.506 e. The second-order valence-electron chi connectivity index (χ2n) is 3.46. The molecular formula is C12H10Br2NO+. The lowest BCUT2D eigenvalue weighted by Gasteiger charge is -2.03. The fourth-order valence-corrected chi connectivity index (χ4v) is 2.74. The lowest BCUT2D eigenvalue weighted by atomic mass is 10.2. The zero-order valence-corrected chi connectivity index (χ0v) is 11.6. The van der Waals surface area contributed by atoms with Gasteiger partial charge in [-0.3, -0.25) is 0 Å². The van der Waals surface area contributed by atoms with Crippen LogP contribution in [-0.2, 0) is 6.54 Å². The third-order valence-corrected chi connectivity index (χ3v) is 3.43. The Balaban J connectivity index is 2.29. The van der Waals surface area contributed by atoms with Crippen molar-refractivity contribution in [3.63, 3.8) is 0 Å². The lowest BCUT2D eigenvalue weighted by Crippen LogP contribution is -2.32. The lowest BCUT2D eigenvalue weighted by molar-refractivity contribution is -0.688. The summed E-state index contributed by atoms with van der Waals surface area (Å²) in [7, 11) is 0. The monoisotopic (exact) mass is 342 g/mol. The smallest absolute Gasteiger partial charge is 0.173 e. The van der Waals surface area contributed by atoms with Gasteiger partial charge in [0.05, 0.1) is 8.95 Å². The summed E-state index contributed by atoms with van der Waals surface area (Å²) < 4.78 is 3.48. The van der Waals surface area contributed by atoms with Gasteiger partial charge >= 0.3 is 0 Å². The molecule has 1 aromatic carbocycles. The second kappa shape index (κ2) is 4.97. The number of nitrogens with zero attached hydrogens (tertiary/aromatic N) is 1. The van der Waals surface area contributed by atoms with Gasteiger partial charge in [-0.05, 0) is 44.0 Å². The number of benzene rings is 1. The highest BCUT2D eigenvalue weighted by Crippen LogP contribution is 2.33. The van der Waals surface area contributed by atoms with Crippen molar-refractivity contribution in [2.75, 3.05) is 0 Å². The van der Waals surface area contributed by atoms with Gasteiger partial charge in [0.2, 0.25) is 0 Å². The molecule has 0 amide bonds. The normalized spacial score (nSPS) is 10.4. The number of hydrogen-bond acceptors (Lipinski definition) is 1. The van der Waals surface area contributed by atoms with Crippen LogP contribution < -0.4 is 4.57 Å². The highest BCUT2D eigenvalue weighted by atomic mass is 79.9. The van der Waals surface area contributed by atoms with Crippen LogP contribution in [0.5, 0.6) is 5.75 Å². The van der Waals surface area contributed by atoms with Gasteiger partial charge in [-0.2, -0.15) is 0 Å². The maximum Gasteiger partial charge on any atom is 0.173 e. The maximum absolute atomic E-state index is 9.60. The van der Waals surface area contributed by atoms with E-state index in [1.807, 2.05) is 42.7 Å². The average Bonchev–Trinajstić information content (AvgIpc) is 2.27. The van der Waals surface area contributed by atoms with E-state index in [0.29, 0.717) is 8.95 Å². The summed E-state index contributed by atoms with van der Waals surface area (Å²) in [5.74, 6) is 0.238. The van der Waals surface area contributed by atoms with Crippen LogP contribution in [0.25, 0.3) is 0 Å². The predicted molar refractivity (Wildman–Crippen MR) is 69.2 cm³/mol. The molecule has 0 spiro atoms. The van der Waals surface area contributed by atoms with Gasteiger partial charge in [0.1, 0.15) is 5.75 Å². The van der Waals surface area contributed by atoms with Crippen LogP contribution in [-0.4, -0.2) is 5.11 Å². The summed E-state index contributed by atoms with van der Waals surface area (Å²) in [6.45, 7) is 0.776. The standard InChI is InChI=1S/C12H9Br2NO/c13-10-6-9(7-11(14)12(10)16)8-15-4-2-1-3-5-15/h1-7H,8H2/p+1.